The number of Topliss-reactive ketones (excluding diaryl/α,β-unsaturated/α-hetero) is 1. The molecule has 1 N–H and O–H groups in total. The Kier molecular flexibility index (Phi) is 2.83. The van der Waals surface area contributed by atoms with E-state index in [4.69, 9.17) is 0 Å². The fourth-order valence-electron chi connectivity index (χ4n) is 1.04. The van der Waals surface area contributed by atoms with Gasteiger partial charge in [-0.25, -0.2) is 0 Å². The molecule has 0 spiro atoms. The number of carbonyl (C=O) groups is 1. The molecule has 0 heterocycles. The molecule has 0 amide bonds. The van der Waals surface area contributed by atoms with Crippen LogP contribution in [0, 0.1) is 6.92 Å². The van der Waals surface area contributed by atoms with E-state index in [1.807, 2.05) is 25.1 Å². The Bertz CT molecular complexity index is 309. The Morgan fingerprint density at radius 2 is 2.17 bits per heavy atom. The molecule has 0 fully saturated rings. The molecule has 0 saturated carbocycles. The van der Waals surface area contributed by atoms with Gasteiger partial charge in [0.15, 0.2) is 5.78 Å². The quantitative estimate of drug-likeness (QED) is 0.560. The van der Waals surface area contributed by atoms with Crippen LogP contribution in [0.2, 0.25) is 0 Å². The lowest BCUT2D eigenvalue weighted by molar-refractivity contribution is 0.101. The van der Waals surface area contributed by atoms with Gasteiger partial charge in [0, 0.05) is 11.3 Å². The number of rotatable bonds is 2. The highest BCUT2D eigenvalue weighted by molar-refractivity contribution is 7.18. The Morgan fingerprint density at radius 3 is 2.58 bits per heavy atom. The molecule has 0 aromatic heterocycles. The Labute approximate surface area is 74.6 Å². The lowest BCUT2D eigenvalue weighted by Crippen LogP contribution is -1.93. The fourth-order valence-corrected chi connectivity index (χ4v) is 1.37. The smallest absolute Gasteiger partial charge is 0.159 e. The van der Waals surface area contributed by atoms with E-state index < -0.39 is 0 Å². The lowest BCUT2D eigenvalue weighted by atomic mass is 10.1. The number of aryl methyl sites for hydroxylation is 1. The summed E-state index contributed by atoms with van der Waals surface area (Å²) in [4.78, 5) is 11.0. The van der Waals surface area contributed by atoms with Gasteiger partial charge in [0.2, 0.25) is 0 Å². The zero-order valence-electron chi connectivity index (χ0n) is 7.22. The predicted octanol–water partition coefficient (Wildman–Crippen LogP) is 2.40. The Hall–Kier alpha value is -0.880. The summed E-state index contributed by atoms with van der Waals surface area (Å²) in [5, 5.41) is 2.97. The van der Waals surface area contributed by atoms with E-state index in [1.165, 1.54) is 0 Å². The van der Waals surface area contributed by atoms with Crippen molar-refractivity contribution in [1.29, 1.82) is 0 Å². The van der Waals surface area contributed by atoms with Gasteiger partial charge in [-0.05, 0) is 47.0 Å². The van der Waals surface area contributed by atoms with Crippen LogP contribution in [0.3, 0.4) is 0 Å². The highest BCUT2D eigenvalue weighted by Gasteiger charge is 2.01. The minimum Gasteiger partial charge on any atom is -0.369 e. The molecule has 12 heavy (non-hydrogen) atoms. The van der Waals surface area contributed by atoms with Gasteiger partial charge in [0.05, 0.1) is 0 Å². The molecule has 0 bridgehead atoms. The van der Waals surface area contributed by atoms with Crippen LogP contribution in [0.5, 0.6) is 0 Å². The number of nitrogens with one attached hydrogen (secondary N) is 1. The summed E-state index contributed by atoms with van der Waals surface area (Å²) in [5.41, 5.74) is 2.87. The van der Waals surface area contributed by atoms with E-state index in [9.17, 15) is 4.79 Å². The topological polar surface area (TPSA) is 29.1 Å². The number of benzene rings is 1. The second-order valence-corrected chi connectivity index (χ2v) is 3.02. The average molecular weight is 181 g/mol. The van der Waals surface area contributed by atoms with Crippen molar-refractivity contribution in [2.75, 3.05) is 5.09 Å². The van der Waals surface area contributed by atoms with E-state index in [2.05, 4.69) is 14.5 Å². The average Bonchev–Trinajstić information content (AvgIpc) is 2.04. The van der Waals surface area contributed by atoms with Gasteiger partial charge in [-0.3, -0.25) is 4.79 Å². The molecule has 64 valence electrons. The zero-order chi connectivity index (χ0) is 9.14. The van der Waals surface area contributed by atoms with Crippen LogP contribution in [-0.2, 0) is 0 Å². The molecule has 0 radical (unpaired) electrons. The van der Waals surface area contributed by atoms with Gasteiger partial charge in [-0.15, -0.1) is 0 Å². The van der Waals surface area contributed by atoms with E-state index in [1.54, 1.807) is 6.92 Å². The van der Waals surface area contributed by atoms with Crippen molar-refractivity contribution in [1.82, 2.24) is 0 Å². The van der Waals surface area contributed by atoms with Crippen molar-refractivity contribution < 1.29 is 4.79 Å². The highest BCUT2D eigenvalue weighted by atomic mass is 31.0. The van der Waals surface area contributed by atoms with Crippen LogP contribution in [-0.4, -0.2) is 5.78 Å². The predicted molar refractivity (Wildman–Crippen MR) is 54.5 cm³/mol. The summed E-state index contributed by atoms with van der Waals surface area (Å²) in [6, 6.07) is 5.61. The maximum Gasteiger partial charge on any atom is 0.159 e. The van der Waals surface area contributed by atoms with Gasteiger partial charge in [0.25, 0.3) is 0 Å². The van der Waals surface area contributed by atoms with E-state index in [0.717, 1.165) is 16.8 Å². The first-order valence-corrected chi connectivity index (χ1v) is 4.31. The second kappa shape index (κ2) is 3.68. The van der Waals surface area contributed by atoms with Crippen molar-refractivity contribution in [3.05, 3.63) is 29.3 Å². The van der Waals surface area contributed by atoms with Crippen LogP contribution >= 0.6 is 9.39 Å². The van der Waals surface area contributed by atoms with Crippen LogP contribution in [0.1, 0.15) is 22.8 Å². The first kappa shape index (κ1) is 9.21. The van der Waals surface area contributed by atoms with Gasteiger partial charge < -0.3 is 5.09 Å². The van der Waals surface area contributed by atoms with Gasteiger partial charge in [-0.1, -0.05) is 0 Å². The molecule has 1 rings (SSSR count). The van der Waals surface area contributed by atoms with Crippen molar-refractivity contribution in [2.24, 2.45) is 0 Å². The van der Waals surface area contributed by atoms with Crippen molar-refractivity contribution in [3.8, 4) is 0 Å². The maximum atomic E-state index is 11.0. The fraction of sp³-hybridized carbons (Fsp3) is 0.222. The number of ketones is 1. The summed E-state index contributed by atoms with van der Waals surface area (Å²) in [6.07, 6.45) is 0. The molecule has 1 atom stereocenters. The molecular weight excluding hydrogens is 169 g/mol. The van der Waals surface area contributed by atoms with Gasteiger partial charge in [-0.2, -0.15) is 0 Å². The Morgan fingerprint density at radius 1 is 1.50 bits per heavy atom. The normalized spacial score (nSPS) is 9.58. The van der Waals surface area contributed by atoms with E-state index in [0.29, 0.717) is 0 Å². The molecule has 1 aromatic carbocycles. The van der Waals surface area contributed by atoms with E-state index >= 15 is 0 Å². The van der Waals surface area contributed by atoms with Crippen molar-refractivity contribution in [3.63, 3.8) is 0 Å². The Balaban J connectivity index is 3.10. The third-order valence-electron chi connectivity index (χ3n) is 1.79. The summed E-state index contributed by atoms with van der Waals surface area (Å²) < 4.78 is 0. The molecule has 0 aliphatic carbocycles. The van der Waals surface area contributed by atoms with Crippen LogP contribution in [0.4, 0.5) is 5.69 Å². The van der Waals surface area contributed by atoms with Crippen LogP contribution in [0.25, 0.3) is 0 Å². The third kappa shape index (κ3) is 1.83. The number of hydrogen-bond acceptors (Lipinski definition) is 2. The van der Waals surface area contributed by atoms with E-state index in [-0.39, 0.29) is 5.78 Å². The third-order valence-corrected chi connectivity index (χ3v) is 2.10. The zero-order valence-corrected chi connectivity index (χ0v) is 8.37. The molecule has 1 unspecified atom stereocenters. The van der Waals surface area contributed by atoms with Crippen molar-refractivity contribution >= 4 is 20.9 Å². The summed E-state index contributed by atoms with van der Waals surface area (Å²) >= 11 is 0. The monoisotopic (exact) mass is 181 g/mol. The summed E-state index contributed by atoms with van der Waals surface area (Å²) in [5.74, 6) is 0.105. The molecule has 3 heteroatoms. The SMILES string of the molecule is CC(=O)c1ccc(NP)c(C)c1. The lowest BCUT2D eigenvalue weighted by Gasteiger charge is -2.05. The largest absolute Gasteiger partial charge is 0.369 e. The maximum absolute atomic E-state index is 11.0. The summed E-state index contributed by atoms with van der Waals surface area (Å²) in [7, 11) is 2.43. The molecule has 0 aliphatic rings. The molecule has 2 nitrogen and oxygen atoms in total. The number of hydrogen-bond donors (Lipinski definition) is 1. The molecule has 1 aromatic rings. The minimum atomic E-state index is 0.105. The minimum absolute atomic E-state index is 0.105. The summed E-state index contributed by atoms with van der Waals surface area (Å²) in [6.45, 7) is 3.54. The standard InChI is InChI=1S/C9H12NOP/c1-6-5-8(7(2)11)3-4-9(6)10-12/h3-5,10H,12H2,1-2H3. The molecular formula is C9H12NOP. The first-order chi connectivity index (χ1) is 5.65. The van der Waals surface area contributed by atoms with Crippen LogP contribution in [0.15, 0.2) is 18.2 Å². The second-order valence-electron chi connectivity index (χ2n) is 2.73. The van der Waals surface area contributed by atoms with Gasteiger partial charge in [0.1, 0.15) is 0 Å². The first-order valence-electron chi connectivity index (χ1n) is 3.73. The highest BCUT2D eigenvalue weighted by Crippen LogP contribution is 2.17. The molecule has 0 saturated heterocycles. The number of carbonyl (C=O) groups excluding carboxylic acids is 1. The molecule has 0 aliphatic heterocycles. The van der Waals surface area contributed by atoms with Gasteiger partial charge >= 0.3 is 0 Å². The van der Waals surface area contributed by atoms with Crippen LogP contribution < -0.4 is 5.09 Å². The van der Waals surface area contributed by atoms with Crippen molar-refractivity contribution in [2.45, 2.75) is 13.8 Å². The number of anilines is 1.